The Kier molecular flexibility index (Phi) is 5.70. The van der Waals surface area contributed by atoms with Crippen LogP contribution in [0.2, 0.25) is 10.0 Å². The molecule has 0 bridgehead atoms. The second-order valence-corrected chi connectivity index (χ2v) is 5.06. The average molecular weight is 321 g/mol. The molecule has 100 valence electrons. The van der Waals surface area contributed by atoms with Crippen molar-refractivity contribution in [1.82, 2.24) is 9.78 Å². The van der Waals surface area contributed by atoms with Crippen LogP contribution in [0.25, 0.3) is 0 Å². The molecule has 0 fully saturated rings. The van der Waals surface area contributed by atoms with Crippen molar-refractivity contribution < 1.29 is 39.5 Å². The van der Waals surface area contributed by atoms with E-state index in [0.717, 1.165) is 10.2 Å². The Balaban J connectivity index is 0.00000200. The minimum absolute atomic E-state index is 0. The van der Waals surface area contributed by atoms with E-state index in [1.54, 1.807) is 26.0 Å². The summed E-state index contributed by atoms with van der Waals surface area (Å²) in [5.41, 5.74) is 1.25. The summed E-state index contributed by atoms with van der Waals surface area (Å²) in [7, 11) is 1.49. The molecule has 4 nitrogen and oxygen atoms in total. The van der Waals surface area contributed by atoms with Gasteiger partial charge in [0.2, 0.25) is 0 Å². The van der Waals surface area contributed by atoms with Gasteiger partial charge in [-0.15, -0.1) is 0 Å². The number of aryl methyl sites for hydroxylation is 3. The fourth-order valence-corrected chi connectivity index (χ4v) is 2.43. The first-order valence-electron chi connectivity index (χ1n) is 5.54. The van der Waals surface area contributed by atoms with E-state index in [4.69, 9.17) is 23.2 Å². The summed E-state index contributed by atoms with van der Waals surface area (Å²) in [6.45, 7) is 3.37. The van der Waals surface area contributed by atoms with Crippen molar-refractivity contribution in [2.24, 2.45) is 7.05 Å². The van der Waals surface area contributed by atoms with Crippen molar-refractivity contribution in [2.75, 3.05) is 0 Å². The van der Waals surface area contributed by atoms with Crippen LogP contribution in [0.1, 0.15) is 27.2 Å². The van der Waals surface area contributed by atoms with Crippen LogP contribution in [-0.2, 0) is 7.05 Å². The number of carbonyl (C=O) groups excluding carboxylic acids is 1. The zero-order chi connectivity index (χ0) is 14.3. The number of hydrogen-bond donors (Lipinski definition) is 0. The van der Waals surface area contributed by atoms with Gasteiger partial charge in [0.05, 0.1) is 26.9 Å². The average Bonchev–Trinajstić information content (AvgIpc) is 2.58. The number of benzene rings is 1. The maximum atomic E-state index is 12.5. The Labute approximate surface area is 149 Å². The second-order valence-electron chi connectivity index (χ2n) is 4.27. The van der Waals surface area contributed by atoms with E-state index in [-0.39, 0.29) is 50.7 Å². The van der Waals surface area contributed by atoms with Crippen LogP contribution in [0.15, 0.2) is 12.1 Å². The van der Waals surface area contributed by atoms with Crippen molar-refractivity contribution in [3.05, 3.63) is 44.6 Å². The molecule has 1 aromatic carbocycles. The summed E-state index contributed by atoms with van der Waals surface area (Å²) in [6.07, 6.45) is 0. The number of halogens is 2. The van der Waals surface area contributed by atoms with E-state index in [1.807, 2.05) is 0 Å². The summed E-state index contributed by atoms with van der Waals surface area (Å²) >= 11 is 12.1. The number of aromatic nitrogens is 2. The summed E-state index contributed by atoms with van der Waals surface area (Å²) < 4.78 is 1.13. The molecule has 20 heavy (non-hydrogen) atoms. The topological polar surface area (TPSA) is 58.0 Å². The van der Waals surface area contributed by atoms with Crippen molar-refractivity contribution in [2.45, 2.75) is 13.8 Å². The molecule has 2 rings (SSSR count). The summed E-state index contributed by atoms with van der Waals surface area (Å²) in [5, 5.41) is 16.3. The van der Waals surface area contributed by atoms with Crippen molar-refractivity contribution in [3.63, 3.8) is 0 Å². The van der Waals surface area contributed by atoms with E-state index in [2.05, 4.69) is 5.10 Å². The van der Waals surface area contributed by atoms with E-state index in [0.29, 0.717) is 5.69 Å². The van der Waals surface area contributed by atoms with E-state index >= 15 is 0 Å². The molecule has 0 spiro atoms. The molecule has 0 aliphatic carbocycles. The third kappa shape index (κ3) is 2.90. The molecule has 0 saturated carbocycles. The second kappa shape index (κ2) is 6.50. The first-order valence-corrected chi connectivity index (χ1v) is 6.30. The van der Waals surface area contributed by atoms with E-state index < -0.39 is 11.7 Å². The molecule has 0 aliphatic rings. The van der Waals surface area contributed by atoms with Crippen LogP contribution in [0.5, 0.6) is 5.88 Å². The third-order valence-corrected chi connectivity index (χ3v) is 3.71. The Morgan fingerprint density at radius 1 is 1.25 bits per heavy atom. The van der Waals surface area contributed by atoms with Crippen molar-refractivity contribution >= 4 is 29.0 Å². The van der Waals surface area contributed by atoms with Gasteiger partial charge in [0.1, 0.15) is 0 Å². The number of hydrogen-bond acceptors (Lipinski definition) is 3. The minimum Gasteiger partial charge on any atom is -0.858 e. The van der Waals surface area contributed by atoms with Gasteiger partial charge in [0.25, 0.3) is 0 Å². The molecule has 0 saturated heterocycles. The van der Waals surface area contributed by atoms with Crippen LogP contribution >= 0.6 is 23.2 Å². The zero-order valence-corrected chi connectivity index (χ0v) is 15.1. The number of rotatable bonds is 2. The van der Waals surface area contributed by atoms with Gasteiger partial charge in [0.15, 0.2) is 5.78 Å². The SMILES string of the molecule is Cc1ccc(Cl)c(C(=O)c2c(C)nn(C)c2[O-])c1Cl.[Na+]. The molecule has 0 aliphatic heterocycles. The Morgan fingerprint density at radius 3 is 2.35 bits per heavy atom. The Bertz CT molecular complexity index is 683. The third-order valence-electron chi connectivity index (χ3n) is 2.91. The molecule has 0 atom stereocenters. The monoisotopic (exact) mass is 320 g/mol. The summed E-state index contributed by atoms with van der Waals surface area (Å²) in [6, 6.07) is 3.31. The van der Waals surface area contributed by atoms with Gasteiger partial charge in [-0.1, -0.05) is 29.3 Å². The van der Waals surface area contributed by atoms with E-state index in [9.17, 15) is 9.90 Å². The first kappa shape index (κ1) is 17.5. The molecule has 1 heterocycles. The molecular weight excluding hydrogens is 310 g/mol. The van der Waals surface area contributed by atoms with Gasteiger partial charge >= 0.3 is 29.6 Å². The first-order chi connectivity index (χ1) is 8.84. The smallest absolute Gasteiger partial charge is 0.858 e. The Hall–Kier alpha value is -0.520. The molecule has 2 aromatic rings. The quantitative estimate of drug-likeness (QED) is 0.561. The van der Waals surface area contributed by atoms with E-state index in [1.165, 1.54) is 7.05 Å². The van der Waals surface area contributed by atoms with Crippen LogP contribution in [0, 0.1) is 13.8 Å². The van der Waals surface area contributed by atoms with Gasteiger partial charge in [-0.25, -0.2) is 0 Å². The maximum absolute atomic E-state index is 12.5. The van der Waals surface area contributed by atoms with Gasteiger partial charge in [0, 0.05) is 7.05 Å². The number of carbonyl (C=O) groups is 1. The number of nitrogens with zero attached hydrogens (tertiary/aromatic N) is 2. The van der Waals surface area contributed by atoms with Gasteiger partial charge in [-0.2, -0.15) is 5.10 Å². The molecular formula is C13H11Cl2N2NaO2. The van der Waals surface area contributed by atoms with Gasteiger partial charge < -0.3 is 5.11 Å². The largest absolute Gasteiger partial charge is 1.00 e. The predicted octanol–water partition coefficient (Wildman–Crippen LogP) is -0.348. The molecule has 0 N–H and O–H groups in total. The zero-order valence-electron chi connectivity index (χ0n) is 11.6. The molecule has 0 amide bonds. The van der Waals surface area contributed by atoms with Gasteiger partial charge in [-0.3, -0.25) is 9.48 Å². The van der Waals surface area contributed by atoms with Gasteiger partial charge in [-0.05, 0) is 31.4 Å². The standard InChI is InChI=1S/C13H12Cl2N2O2.Na/c1-6-4-5-8(14)10(11(6)15)12(18)9-7(2)16-17(3)13(9)19;/h4-5,19H,1-3H3;/q;+1/p-1. The summed E-state index contributed by atoms with van der Waals surface area (Å²) in [5.74, 6) is -0.939. The molecule has 0 radical (unpaired) electrons. The van der Waals surface area contributed by atoms with Crippen LogP contribution in [0.4, 0.5) is 0 Å². The summed E-state index contributed by atoms with van der Waals surface area (Å²) in [4.78, 5) is 12.5. The maximum Gasteiger partial charge on any atom is 1.00 e. The van der Waals surface area contributed by atoms with Crippen LogP contribution < -0.4 is 34.7 Å². The number of ketones is 1. The fourth-order valence-electron chi connectivity index (χ4n) is 1.89. The normalized spacial score (nSPS) is 10.2. The Morgan fingerprint density at radius 2 is 1.85 bits per heavy atom. The van der Waals surface area contributed by atoms with Crippen molar-refractivity contribution in [3.8, 4) is 5.88 Å². The predicted molar refractivity (Wildman–Crippen MR) is 72.0 cm³/mol. The molecule has 7 heteroatoms. The fraction of sp³-hybridized carbons (Fsp3) is 0.231. The molecule has 0 unspecified atom stereocenters. The van der Waals surface area contributed by atoms with Crippen LogP contribution in [0.3, 0.4) is 0 Å². The van der Waals surface area contributed by atoms with Crippen LogP contribution in [-0.4, -0.2) is 15.6 Å². The molecule has 1 aromatic heterocycles. The van der Waals surface area contributed by atoms with Crippen molar-refractivity contribution in [1.29, 1.82) is 0 Å². The minimum atomic E-state index is -0.491.